The largest absolute Gasteiger partial charge is 0.388 e. The minimum atomic E-state index is 0. The summed E-state index contributed by atoms with van der Waals surface area (Å²) in [7, 11) is 11.9. The Morgan fingerprint density at radius 2 is 0.296 bits per heavy atom. The molecule has 0 aromatic heterocycles. The predicted octanol–water partition coefficient (Wildman–Crippen LogP) is 8.89. The van der Waals surface area contributed by atoms with Crippen LogP contribution in [-0.4, -0.2) is 92.5 Å². The van der Waals surface area contributed by atoms with Gasteiger partial charge in [-0.15, -0.1) is 0 Å². The van der Waals surface area contributed by atoms with Crippen LogP contribution in [0.2, 0.25) is 0 Å². The Kier molecular flexibility index (Phi) is 494. The molecule has 5 aliphatic carbocycles. The minimum Gasteiger partial charge on any atom is -0.388 e. The van der Waals surface area contributed by atoms with Gasteiger partial charge in [-0.25, -0.2) is 0 Å². The Labute approximate surface area is 1130 Å². The second kappa shape index (κ2) is 165. The summed E-state index contributed by atoms with van der Waals surface area (Å²) in [5, 5.41) is 0. The SMILES string of the molecule is C.C.C.COC.COC.COC1CC1.COC1CC1.COC1CCC(OC2CCC(OC3CCC(C)CC3)CC2)CC1.[U].[U].[U].[U].[U].[U].[U].[U].[U].[U].[U].[U].[U].[U].[U].[U].[U].[U].[U].[U].[U].[U].[U].[U].[U].[U].[U].[U].[U]. The molecule has 7 nitrogen and oxygen atoms in total. The van der Waals surface area contributed by atoms with Gasteiger partial charge in [-0.3, -0.25) is 0 Å². The molecule has 5 fully saturated rings. The van der Waals surface area contributed by atoms with E-state index in [4.69, 9.17) is 23.7 Å². The van der Waals surface area contributed by atoms with Gasteiger partial charge in [0.1, 0.15) is 0 Å². The molecule has 0 aromatic rings. The van der Waals surface area contributed by atoms with Crippen molar-refractivity contribution in [3.63, 3.8) is 0 Å². The van der Waals surface area contributed by atoms with Crippen molar-refractivity contribution in [2.75, 3.05) is 49.8 Å². The zero-order chi connectivity index (χ0) is 28.9. The first-order valence-electron chi connectivity index (χ1n) is 15.6. The first-order chi connectivity index (χ1) is 18.9. The van der Waals surface area contributed by atoms with Crippen LogP contribution in [0.25, 0.3) is 0 Å². The molecule has 5 rings (SSSR count). The van der Waals surface area contributed by atoms with Gasteiger partial charge in [-0.05, 0) is 109 Å². The molecule has 0 saturated heterocycles. The molecule has 374 valence electrons. The molecule has 5 aliphatic rings. The third kappa shape index (κ3) is 150. The molecule has 0 spiro atoms. The van der Waals surface area contributed by atoms with E-state index in [9.17, 15) is 0 Å². The van der Waals surface area contributed by atoms with E-state index in [1.807, 2.05) is 7.11 Å². The van der Waals surface area contributed by atoms with E-state index in [0.717, 1.165) is 5.92 Å². The molecular weight excluding hydrogens is 7440 g/mol. The zero-order valence-electron chi connectivity index (χ0n) is 41.3. The van der Waals surface area contributed by atoms with Crippen LogP contribution in [0.4, 0.5) is 0 Å². The third-order valence-electron chi connectivity index (χ3n) is 8.02. The number of hydrogen-bond donors (Lipinski definition) is 0. The average Bonchev–Trinajstić information content (AvgIpc) is 3.87. The maximum atomic E-state index is 6.38. The van der Waals surface area contributed by atoms with E-state index in [0.29, 0.717) is 42.7 Å². The minimum absolute atomic E-state index is 0. The van der Waals surface area contributed by atoms with Crippen molar-refractivity contribution in [2.24, 2.45) is 5.92 Å². The van der Waals surface area contributed by atoms with Crippen molar-refractivity contribution >= 4 is 0 Å². The van der Waals surface area contributed by atoms with Gasteiger partial charge in [0.15, 0.2) is 0 Å². The van der Waals surface area contributed by atoms with Crippen LogP contribution in [0.15, 0.2) is 0 Å². The van der Waals surface area contributed by atoms with E-state index >= 15 is 0 Å². The molecule has 0 atom stereocenters. The quantitative estimate of drug-likeness (QED) is 0.253. The monoisotopic (exact) mass is 7510 g/mol. The van der Waals surface area contributed by atoms with Crippen LogP contribution in [0.5, 0.6) is 0 Å². The van der Waals surface area contributed by atoms with Crippen molar-refractivity contribution in [1.29, 1.82) is 0 Å². The van der Waals surface area contributed by atoms with Gasteiger partial charge in [0.05, 0.1) is 42.7 Å². The van der Waals surface area contributed by atoms with Crippen molar-refractivity contribution in [3.05, 3.63) is 0 Å². The second-order valence-corrected chi connectivity index (χ2v) is 11.9. The fourth-order valence-corrected chi connectivity index (χ4v) is 5.23. The second-order valence-electron chi connectivity index (χ2n) is 11.9. The summed E-state index contributed by atoms with van der Waals surface area (Å²) in [6.07, 6.45) is 23.6. The molecule has 0 radical (unpaired) electrons. The fourth-order valence-electron chi connectivity index (χ4n) is 5.23. The Hall–Kier alpha value is 30.2. The first-order valence-corrected chi connectivity index (χ1v) is 15.6. The van der Waals surface area contributed by atoms with Crippen molar-refractivity contribution in [3.8, 4) is 0 Å². The van der Waals surface area contributed by atoms with Crippen molar-refractivity contribution in [2.45, 2.75) is 175 Å². The molecule has 0 amide bonds. The molecule has 5 saturated carbocycles. The molecule has 0 N–H and O–H groups in total. The summed E-state index contributed by atoms with van der Waals surface area (Å²) in [5.41, 5.74) is 0. The topological polar surface area (TPSA) is 64.6 Å². The van der Waals surface area contributed by atoms with Crippen LogP contribution in [0.3, 0.4) is 0 Å². The van der Waals surface area contributed by atoms with E-state index in [1.165, 1.54) is 103 Å². The van der Waals surface area contributed by atoms with E-state index in [1.54, 1.807) is 42.7 Å². The number of ether oxygens (including phenoxy) is 7. The predicted molar refractivity (Wildman–Crippen MR) is 179 cm³/mol. The standard InChI is InChI=1S/C20H36O3.2C4H8O.2C2H6O.3CH4.29U/c1-15-3-5-17(6-4-15)22-19-11-13-20(14-12-19)23-18-9-7-16(21-2)8-10-18;2*1-5-4-2-3-4;2*1-3-2;;;;;;;;;;;;;;;;;;;;;;;;;;;;;;;;/h15-20H,3-14H2,1-2H3;2*4H,2-3H2,1H3;2*1-2H3;3*1H4;;;;;;;;;;;;;;;;;;;;;;;;;;;;;. The molecule has 0 unspecified atom stereocenters. The van der Waals surface area contributed by atoms with Gasteiger partial charge in [0.25, 0.3) is 0 Å². The van der Waals surface area contributed by atoms with Gasteiger partial charge < -0.3 is 33.2 Å². The van der Waals surface area contributed by atoms with Crippen LogP contribution >= 0.6 is 0 Å². The van der Waals surface area contributed by atoms with Gasteiger partial charge >= 0.3 is 0 Å². The molecule has 36 heteroatoms. The summed E-state index contributed by atoms with van der Waals surface area (Å²) < 4.78 is 36.4. The van der Waals surface area contributed by atoms with Gasteiger partial charge in [0, 0.05) is 952 Å². The maximum Gasteiger partial charge on any atom is 0.0580 e. The molecule has 0 aliphatic heterocycles. The molecule has 0 heterocycles. The number of rotatable bonds is 7. The average molecular weight is 7510 g/mol. The molecule has 0 bridgehead atoms. The first kappa shape index (κ1) is 212. The van der Waals surface area contributed by atoms with E-state index in [-0.39, 0.29) is 925 Å². The van der Waals surface area contributed by atoms with Crippen molar-refractivity contribution in [1.82, 2.24) is 0 Å². The van der Waals surface area contributed by atoms with Crippen LogP contribution in [0, 0.1) is 908 Å². The number of methoxy groups -OCH3 is 5. The Morgan fingerprint density at radius 3 is 0.408 bits per heavy atom. The third-order valence-corrected chi connectivity index (χ3v) is 8.02. The van der Waals surface area contributed by atoms with Gasteiger partial charge in [0.2, 0.25) is 0 Å². The Bertz CT molecular complexity index is 573. The smallest absolute Gasteiger partial charge is 0.0580 e. The summed E-state index contributed by atoms with van der Waals surface area (Å²) in [5.74, 6) is 0.909. The summed E-state index contributed by atoms with van der Waals surface area (Å²) in [6.45, 7) is 2.37. The van der Waals surface area contributed by atoms with Crippen LogP contribution in [-0.2, 0) is 33.2 Å². The zero-order valence-corrected chi connectivity index (χ0v) is 162. The van der Waals surface area contributed by atoms with E-state index in [2.05, 4.69) is 16.4 Å². The van der Waals surface area contributed by atoms with E-state index < -0.39 is 0 Å². The molecular formula is C35H76O7U29. The Morgan fingerprint density at radius 1 is 0.197 bits per heavy atom. The molecule has 71 heavy (non-hydrogen) atoms. The molecule has 0 aromatic carbocycles. The Balaban J connectivity index is -0.00000000951. The number of hydrogen-bond acceptors (Lipinski definition) is 7. The fraction of sp³-hybridized carbons (Fsp3) is 1.00. The van der Waals surface area contributed by atoms with Gasteiger partial charge in [-0.2, -0.15) is 0 Å². The van der Waals surface area contributed by atoms with Crippen LogP contribution in [0.1, 0.15) is 132 Å². The van der Waals surface area contributed by atoms with Crippen LogP contribution < -0.4 is 0 Å². The van der Waals surface area contributed by atoms with Crippen molar-refractivity contribution < 1.29 is 935 Å². The summed E-state index contributed by atoms with van der Waals surface area (Å²) in [6, 6.07) is 0. The summed E-state index contributed by atoms with van der Waals surface area (Å²) in [4.78, 5) is 0. The summed E-state index contributed by atoms with van der Waals surface area (Å²) >= 11 is 0. The maximum absolute atomic E-state index is 6.38. The normalized spacial score (nSPS) is 17.6. The van der Waals surface area contributed by atoms with Gasteiger partial charge in [-0.1, -0.05) is 29.2 Å².